The van der Waals surface area contributed by atoms with Crippen molar-refractivity contribution in [1.82, 2.24) is 0 Å². The van der Waals surface area contributed by atoms with Crippen LogP contribution in [0.25, 0.3) is 0 Å². The van der Waals surface area contributed by atoms with Gasteiger partial charge in [0.15, 0.2) is 0 Å². The first kappa shape index (κ1) is 13.6. The predicted molar refractivity (Wildman–Crippen MR) is 68.4 cm³/mol. The maximum atomic E-state index is 8.95. The second kappa shape index (κ2) is 6.98. The minimum atomic E-state index is 0.0523. The van der Waals surface area contributed by atoms with Crippen LogP contribution in [0.5, 0.6) is 5.75 Å². The number of anilines is 2. The van der Waals surface area contributed by atoms with Gasteiger partial charge in [0.2, 0.25) is 0 Å². The number of aliphatic hydroxyl groups excluding tert-OH is 1. The van der Waals surface area contributed by atoms with Crippen molar-refractivity contribution in [3.05, 3.63) is 18.2 Å². The molecule has 1 rings (SSSR count). The highest BCUT2D eigenvalue weighted by atomic mass is 16.5. The van der Waals surface area contributed by atoms with Crippen molar-refractivity contribution >= 4 is 11.4 Å². The molecule has 4 N–H and O–H groups in total. The minimum absolute atomic E-state index is 0.0523. The van der Waals surface area contributed by atoms with Crippen LogP contribution in [0.4, 0.5) is 11.4 Å². The van der Waals surface area contributed by atoms with Gasteiger partial charge in [-0.05, 0) is 12.5 Å². The number of ether oxygens (including phenoxy) is 2. The zero-order valence-electron chi connectivity index (χ0n) is 10.3. The monoisotopic (exact) mass is 240 g/mol. The van der Waals surface area contributed by atoms with Gasteiger partial charge in [-0.15, -0.1) is 0 Å². The Morgan fingerprint density at radius 1 is 1.35 bits per heavy atom. The first-order valence-corrected chi connectivity index (χ1v) is 5.50. The van der Waals surface area contributed by atoms with E-state index in [1.54, 1.807) is 20.3 Å². The Balaban J connectivity index is 2.73. The maximum Gasteiger partial charge on any atom is 0.122 e. The Kier molecular flexibility index (Phi) is 5.59. The van der Waals surface area contributed by atoms with Gasteiger partial charge >= 0.3 is 0 Å². The summed E-state index contributed by atoms with van der Waals surface area (Å²) in [5.74, 6) is 0.702. The molecule has 1 atom stereocenters. The molecular formula is C12H20N2O3. The summed E-state index contributed by atoms with van der Waals surface area (Å²) in [5.41, 5.74) is 7.25. The van der Waals surface area contributed by atoms with E-state index in [9.17, 15) is 0 Å². The number of hydrogen-bond donors (Lipinski definition) is 3. The van der Waals surface area contributed by atoms with Crippen LogP contribution in [-0.4, -0.2) is 38.6 Å². The van der Waals surface area contributed by atoms with E-state index in [1.165, 1.54) is 0 Å². The van der Waals surface area contributed by atoms with Crippen LogP contribution >= 0.6 is 0 Å². The molecule has 0 aliphatic rings. The van der Waals surface area contributed by atoms with Crippen LogP contribution in [0.15, 0.2) is 18.2 Å². The topological polar surface area (TPSA) is 76.7 Å². The summed E-state index contributed by atoms with van der Waals surface area (Å²) < 4.78 is 10.2. The number of aliphatic hydroxyl groups is 1. The summed E-state index contributed by atoms with van der Waals surface area (Å²) in [6.45, 7) is 0.637. The lowest BCUT2D eigenvalue weighted by Gasteiger charge is -2.19. The summed E-state index contributed by atoms with van der Waals surface area (Å²) in [6, 6.07) is 5.48. The first-order chi connectivity index (χ1) is 8.19. The van der Waals surface area contributed by atoms with E-state index in [4.69, 9.17) is 20.3 Å². The van der Waals surface area contributed by atoms with E-state index in [-0.39, 0.29) is 12.6 Å². The largest absolute Gasteiger partial charge is 0.497 e. The lowest BCUT2D eigenvalue weighted by molar-refractivity contribution is 0.170. The molecule has 0 saturated carbocycles. The Labute approximate surface area is 102 Å². The van der Waals surface area contributed by atoms with Gasteiger partial charge in [-0.2, -0.15) is 0 Å². The lowest BCUT2D eigenvalue weighted by Crippen LogP contribution is -2.26. The molecule has 0 spiro atoms. The van der Waals surface area contributed by atoms with E-state index in [0.717, 1.165) is 5.69 Å². The number of methoxy groups -OCH3 is 2. The zero-order chi connectivity index (χ0) is 12.7. The number of nitrogens with two attached hydrogens (primary N) is 1. The van der Waals surface area contributed by atoms with E-state index in [1.807, 2.05) is 12.1 Å². The molecule has 1 unspecified atom stereocenters. The van der Waals surface area contributed by atoms with E-state index < -0.39 is 0 Å². The van der Waals surface area contributed by atoms with Crippen LogP contribution in [0, 0.1) is 0 Å². The summed E-state index contributed by atoms with van der Waals surface area (Å²) in [5, 5.41) is 12.2. The summed E-state index contributed by atoms with van der Waals surface area (Å²) >= 11 is 0. The highest BCUT2D eigenvalue weighted by Gasteiger charge is 2.08. The second-order valence-electron chi connectivity index (χ2n) is 3.80. The van der Waals surface area contributed by atoms with Gasteiger partial charge < -0.3 is 25.6 Å². The normalized spacial score (nSPS) is 12.2. The Morgan fingerprint density at radius 2 is 2.12 bits per heavy atom. The minimum Gasteiger partial charge on any atom is -0.497 e. The van der Waals surface area contributed by atoms with Crippen LogP contribution in [0.3, 0.4) is 0 Å². The van der Waals surface area contributed by atoms with Crippen LogP contribution < -0.4 is 15.8 Å². The quantitative estimate of drug-likeness (QED) is 0.622. The van der Waals surface area contributed by atoms with Crippen molar-refractivity contribution < 1.29 is 14.6 Å². The summed E-state index contributed by atoms with van der Waals surface area (Å²) in [4.78, 5) is 0. The molecule has 96 valence electrons. The fraction of sp³-hybridized carbons (Fsp3) is 0.500. The number of benzene rings is 1. The Morgan fingerprint density at radius 3 is 2.71 bits per heavy atom. The van der Waals surface area contributed by atoms with Crippen molar-refractivity contribution in [3.63, 3.8) is 0 Å². The first-order valence-electron chi connectivity index (χ1n) is 5.50. The molecule has 0 saturated heterocycles. The van der Waals surface area contributed by atoms with E-state index in [0.29, 0.717) is 24.5 Å². The molecule has 5 nitrogen and oxygen atoms in total. The molecule has 5 heteroatoms. The van der Waals surface area contributed by atoms with Crippen molar-refractivity contribution in [3.8, 4) is 5.75 Å². The third kappa shape index (κ3) is 4.50. The molecule has 1 aromatic carbocycles. The van der Waals surface area contributed by atoms with Crippen LogP contribution in [0.2, 0.25) is 0 Å². The average Bonchev–Trinajstić information content (AvgIpc) is 2.29. The predicted octanol–water partition coefficient (Wildman–Crippen LogP) is 1.09. The SMILES string of the molecule is COCC(CCO)Nc1cc(N)cc(OC)c1. The molecule has 0 fully saturated rings. The number of nitrogens with one attached hydrogen (secondary N) is 1. The molecular weight excluding hydrogens is 220 g/mol. The highest BCUT2D eigenvalue weighted by molar-refractivity contribution is 5.59. The molecule has 0 aliphatic carbocycles. The molecule has 17 heavy (non-hydrogen) atoms. The number of hydrogen-bond acceptors (Lipinski definition) is 5. The van der Waals surface area contributed by atoms with Gasteiger partial charge in [-0.1, -0.05) is 0 Å². The third-order valence-electron chi connectivity index (χ3n) is 2.38. The van der Waals surface area contributed by atoms with Gasteiger partial charge in [-0.3, -0.25) is 0 Å². The summed E-state index contributed by atoms with van der Waals surface area (Å²) in [7, 11) is 3.23. The highest BCUT2D eigenvalue weighted by Crippen LogP contribution is 2.23. The number of rotatable bonds is 7. The lowest BCUT2D eigenvalue weighted by atomic mass is 10.2. The van der Waals surface area contributed by atoms with Crippen LogP contribution in [0.1, 0.15) is 6.42 Å². The maximum absolute atomic E-state index is 8.95. The molecule has 0 radical (unpaired) electrons. The number of nitrogen functional groups attached to an aromatic ring is 1. The molecule has 0 amide bonds. The molecule has 1 aromatic rings. The third-order valence-corrected chi connectivity index (χ3v) is 2.38. The van der Waals surface area contributed by atoms with E-state index >= 15 is 0 Å². The Bertz CT molecular complexity index is 339. The fourth-order valence-electron chi connectivity index (χ4n) is 1.61. The van der Waals surface area contributed by atoms with Crippen molar-refractivity contribution in [2.75, 3.05) is 38.5 Å². The van der Waals surface area contributed by atoms with Crippen molar-refractivity contribution in [2.24, 2.45) is 0 Å². The molecule has 0 heterocycles. The van der Waals surface area contributed by atoms with Crippen LogP contribution in [-0.2, 0) is 4.74 Å². The summed E-state index contributed by atoms with van der Waals surface area (Å²) in [6.07, 6.45) is 0.616. The van der Waals surface area contributed by atoms with Gasteiger partial charge in [0.05, 0.1) is 19.8 Å². The molecule has 0 bridgehead atoms. The van der Waals surface area contributed by atoms with Gasteiger partial charge in [-0.25, -0.2) is 0 Å². The molecule has 0 aromatic heterocycles. The molecule has 0 aliphatic heterocycles. The van der Waals surface area contributed by atoms with Gasteiger partial charge in [0, 0.05) is 37.2 Å². The zero-order valence-corrected chi connectivity index (χ0v) is 10.3. The standard InChI is InChI=1S/C12H20N2O3/c1-16-8-10(3-4-15)14-11-5-9(13)6-12(7-11)17-2/h5-7,10,14-15H,3-4,8,13H2,1-2H3. The van der Waals surface area contributed by atoms with Gasteiger partial charge in [0.25, 0.3) is 0 Å². The second-order valence-corrected chi connectivity index (χ2v) is 3.80. The van der Waals surface area contributed by atoms with Crippen molar-refractivity contribution in [2.45, 2.75) is 12.5 Å². The van der Waals surface area contributed by atoms with E-state index in [2.05, 4.69) is 5.32 Å². The smallest absolute Gasteiger partial charge is 0.122 e. The average molecular weight is 240 g/mol. The Hall–Kier alpha value is -1.46. The van der Waals surface area contributed by atoms with Crippen molar-refractivity contribution in [1.29, 1.82) is 0 Å². The van der Waals surface area contributed by atoms with Gasteiger partial charge in [0.1, 0.15) is 5.75 Å². The fourth-order valence-corrected chi connectivity index (χ4v) is 1.61.